The lowest BCUT2D eigenvalue weighted by atomic mass is 10.0. The van der Waals surface area contributed by atoms with Crippen LogP contribution in [0.3, 0.4) is 0 Å². The Balaban J connectivity index is 1.52. The molecule has 1 aliphatic heterocycles. The second-order valence-electron chi connectivity index (χ2n) is 9.50. The zero-order chi connectivity index (χ0) is 27.4. The summed E-state index contributed by atoms with van der Waals surface area (Å²) in [5.41, 5.74) is 4.43. The third kappa shape index (κ3) is 5.80. The summed E-state index contributed by atoms with van der Waals surface area (Å²) >= 11 is 0. The van der Waals surface area contributed by atoms with E-state index < -0.39 is 5.82 Å². The second kappa shape index (κ2) is 11.7. The molecule has 9 nitrogen and oxygen atoms in total. The molecule has 0 saturated carbocycles. The molecule has 204 valence electrons. The molecule has 2 aromatic heterocycles. The molecule has 0 unspecified atom stereocenters. The Labute approximate surface area is 226 Å². The predicted molar refractivity (Wildman–Crippen MR) is 146 cm³/mol. The van der Waals surface area contributed by atoms with Gasteiger partial charge in [0.1, 0.15) is 5.75 Å². The average Bonchev–Trinajstić information content (AvgIpc) is 3.36. The van der Waals surface area contributed by atoms with E-state index in [-0.39, 0.29) is 17.5 Å². The van der Waals surface area contributed by atoms with Crippen molar-refractivity contribution >= 4 is 17.2 Å². The van der Waals surface area contributed by atoms with E-state index in [1.807, 2.05) is 26.0 Å². The third-order valence-corrected chi connectivity index (χ3v) is 6.82. The summed E-state index contributed by atoms with van der Waals surface area (Å²) in [5.74, 6) is 0.536. The molecule has 1 saturated heterocycles. The zero-order valence-electron chi connectivity index (χ0n) is 22.3. The number of nitrogens with one attached hydrogen (secondary N) is 2. The fourth-order valence-corrected chi connectivity index (χ4v) is 4.69. The van der Waals surface area contributed by atoms with Crippen LogP contribution in [0.5, 0.6) is 17.4 Å². The monoisotopic (exact) mass is 533 g/mol. The third-order valence-electron chi connectivity index (χ3n) is 6.82. The minimum Gasteiger partial charge on any atom is -0.494 e. The number of carbonyl (C=O) groups is 1. The minimum atomic E-state index is -0.528. The first-order chi connectivity index (χ1) is 19.0. The highest BCUT2D eigenvalue weighted by Crippen LogP contribution is 2.31. The molecule has 1 aliphatic rings. The molecule has 3 heterocycles. The fourth-order valence-electron chi connectivity index (χ4n) is 4.69. The number of imidazole rings is 1. The van der Waals surface area contributed by atoms with Gasteiger partial charge in [-0.2, -0.15) is 0 Å². The Kier molecular flexibility index (Phi) is 7.92. The van der Waals surface area contributed by atoms with E-state index in [4.69, 9.17) is 19.3 Å². The number of anilines is 1. The number of hydrogen-bond donors (Lipinski definition) is 2. The van der Waals surface area contributed by atoms with Gasteiger partial charge in [0, 0.05) is 49.6 Å². The normalized spacial score (nSPS) is 13.8. The number of nitrogens with zero attached hydrogens (tertiary/aromatic N) is 3. The first kappa shape index (κ1) is 26.4. The van der Waals surface area contributed by atoms with E-state index in [9.17, 15) is 9.18 Å². The van der Waals surface area contributed by atoms with Crippen LogP contribution in [0, 0.1) is 18.7 Å². The molecule has 0 atom stereocenters. The Hall–Kier alpha value is -4.18. The maximum Gasteiger partial charge on any atom is 0.251 e. The van der Waals surface area contributed by atoms with Crippen LogP contribution < -0.4 is 20.1 Å². The molecule has 4 aromatic rings. The van der Waals surface area contributed by atoms with Crippen LogP contribution in [-0.4, -0.2) is 53.9 Å². The Morgan fingerprint density at radius 2 is 2.00 bits per heavy atom. The van der Waals surface area contributed by atoms with Crippen LogP contribution in [0.15, 0.2) is 48.7 Å². The minimum absolute atomic E-state index is 0.111. The van der Waals surface area contributed by atoms with E-state index in [0.717, 1.165) is 55.1 Å². The number of halogens is 1. The number of rotatable bonds is 9. The van der Waals surface area contributed by atoms with Crippen molar-refractivity contribution < 1.29 is 23.4 Å². The molecule has 39 heavy (non-hydrogen) atoms. The van der Waals surface area contributed by atoms with Crippen LogP contribution in [0.2, 0.25) is 0 Å². The number of benzene rings is 2. The second-order valence-corrected chi connectivity index (χ2v) is 9.50. The van der Waals surface area contributed by atoms with Crippen molar-refractivity contribution in [2.75, 3.05) is 38.7 Å². The quantitative estimate of drug-likeness (QED) is 0.304. The van der Waals surface area contributed by atoms with E-state index in [1.54, 1.807) is 28.9 Å². The van der Waals surface area contributed by atoms with Crippen molar-refractivity contribution in [3.8, 4) is 28.6 Å². The van der Waals surface area contributed by atoms with Gasteiger partial charge in [-0.05, 0) is 62.4 Å². The first-order valence-electron chi connectivity index (χ1n) is 13.1. The molecule has 1 amide bonds. The summed E-state index contributed by atoms with van der Waals surface area (Å²) in [4.78, 5) is 17.1. The number of hydrogen-bond acceptors (Lipinski definition) is 7. The number of aromatic nitrogens is 3. The molecule has 0 aliphatic carbocycles. The standard InChI is InChI=1S/C29H32FN5O4/c1-4-31-29(36)22-7-5-20(13-18(22)2)25-17-33-28-24(32-16-19-9-11-38-12-10-19)15-27(34-35(25)28)39-21-6-8-26(37-3)23(30)14-21/h5-8,13-15,17,19,32H,4,9-12,16H2,1-3H3,(H,31,36). The lowest BCUT2D eigenvalue weighted by Gasteiger charge is -2.22. The van der Waals surface area contributed by atoms with Gasteiger partial charge in [0.15, 0.2) is 17.2 Å². The molecule has 2 aromatic carbocycles. The van der Waals surface area contributed by atoms with E-state index in [2.05, 4.69) is 15.6 Å². The lowest BCUT2D eigenvalue weighted by molar-refractivity contribution is 0.0699. The molecule has 1 fully saturated rings. The number of fused-ring (bicyclic) bond motifs is 1. The number of aryl methyl sites for hydroxylation is 1. The van der Waals surface area contributed by atoms with Crippen molar-refractivity contribution in [3.63, 3.8) is 0 Å². The maximum atomic E-state index is 14.3. The van der Waals surface area contributed by atoms with Gasteiger partial charge in [-0.1, -0.05) is 6.07 Å². The van der Waals surface area contributed by atoms with Gasteiger partial charge in [-0.25, -0.2) is 13.9 Å². The fraction of sp³-hybridized carbons (Fsp3) is 0.345. The van der Waals surface area contributed by atoms with E-state index in [0.29, 0.717) is 29.4 Å². The predicted octanol–water partition coefficient (Wildman–Crippen LogP) is 5.23. The van der Waals surface area contributed by atoms with Crippen molar-refractivity contribution in [3.05, 3.63) is 65.6 Å². The molecular weight excluding hydrogens is 501 g/mol. The van der Waals surface area contributed by atoms with Crippen molar-refractivity contribution in [2.45, 2.75) is 26.7 Å². The molecule has 0 radical (unpaired) electrons. The highest BCUT2D eigenvalue weighted by atomic mass is 19.1. The van der Waals surface area contributed by atoms with Gasteiger partial charge in [-0.15, -0.1) is 5.10 Å². The van der Waals surface area contributed by atoms with Gasteiger partial charge in [0.2, 0.25) is 5.88 Å². The largest absolute Gasteiger partial charge is 0.494 e. The van der Waals surface area contributed by atoms with Crippen LogP contribution in [0.1, 0.15) is 35.7 Å². The molecule has 2 N–H and O–H groups in total. The summed E-state index contributed by atoms with van der Waals surface area (Å²) in [6, 6.07) is 11.8. The van der Waals surface area contributed by atoms with E-state index in [1.165, 1.54) is 19.2 Å². The summed E-state index contributed by atoms with van der Waals surface area (Å²) < 4.78 is 32.5. The molecule has 10 heteroatoms. The first-order valence-corrected chi connectivity index (χ1v) is 13.1. The van der Waals surface area contributed by atoms with E-state index >= 15 is 0 Å². The number of methoxy groups -OCH3 is 1. The van der Waals surface area contributed by atoms with Crippen LogP contribution >= 0.6 is 0 Å². The molecule has 5 rings (SSSR count). The van der Waals surface area contributed by atoms with Gasteiger partial charge >= 0.3 is 0 Å². The SMILES string of the molecule is CCNC(=O)c1ccc(-c2cnc3c(NCC4CCOCC4)cc(Oc4ccc(OC)c(F)c4)nn23)cc1C. The van der Waals surface area contributed by atoms with Gasteiger partial charge in [0.25, 0.3) is 5.91 Å². The zero-order valence-corrected chi connectivity index (χ0v) is 22.3. The van der Waals surface area contributed by atoms with Gasteiger partial charge in [-0.3, -0.25) is 4.79 Å². The Bertz CT molecular complexity index is 1480. The Morgan fingerprint density at radius 3 is 2.72 bits per heavy atom. The highest BCUT2D eigenvalue weighted by Gasteiger charge is 2.19. The van der Waals surface area contributed by atoms with Crippen LogP contribution in [0.4, 0.5) is 10.1 Å². The molecular formula is C29H32FN5O4. The smallest absolute Gasteiger partial charge is 0.251 e. The number of carbonyl (C=O) groups excluding carboxylic acids is 1. The molecule has 0 bridgehead atoms. The highest BCUT2D eigenvalue weighted by molar-refractivity contribution is 5.96. The lowest BCUT2D eigenvalue weighted by Crippen LogP contribution is -2.23. The van der Waals surface area contributed by atoms with Crippen LogP contribution in [0.25, 0.3) is 16.9 Å². The maximum absolute atomic E-state index is 14.3. The van der Waals surface area contributed by atoms with Crippen LogP contribution in [-0.2, 0) is 4.74 Å². The van der Waals surface area contributed by atoms with Gasteiger partial charge in [0.05, 0.1) is 24.7 Å². The molecule has 0 spiro atoms. The Morgan fingerprint density at radius 1 is 1.18 bits per heavy atom. The van der Waals surface area contributed by atoms with Crippen molar-refractivity contribution in [1.82, 2.24) is 19.9 Å². The summed E-state index contributed by atoms with van der Waals surface area (Å²) in [6.07, 6.45) is 3.72. The summed E-state index contributed by atoms with van der Waals surface area (Å²) in [5, 5.41) is 11.1. The summed E-state index contributed by atoms with van der Waals surface area (Å²) in [7, 11) is 1.41. The topological polar surface area (TPSA) is 99.0 Å². The number of amides is 1. The van der Waals surface area contributed by atoms with Crippen molar-refractivity contribution in [1.29, 1.82) is 0 Å². The van der Waals surface area contributed by atoms with Crippen molar-refractivity contribution in [2.24, 2.45) is 5.92 Å². The average molecular weight is 534 g/mol. The number of ether oxygens (including phenoxy) is 3. The summed E-state index contributed by atoms with van der Waals surface area (Å²) in [6.45, 7) is 6.62. The van der Waals surface area contributed by atoms with Gasteiger partial charge < -0.3 is 24.8 Å².